The number of carbonyl (C=O) groups excluding carboxylic acids is 1. The largest absolute Gasteiger partial charge is 0.426 e. The lowest BCUT2D eigenvalue weighted by Crippen LogP contribution is -2.12. The number of nitrogens with one attached hydrogen (secondary N) is 1. The standard InChI is InChI=1S/C12H11Cl2N3O2/c1-7-16-17-11(19-7)6-5-10(18)15-9-4-2-3-8(13)12(9)14/h2-4H,5-6H2,1H3,(H,15,18). The summed E-state index contributed by atoms with van der Waals surface area (Å²) in [4.78, 5) is 11.8. The van der Waals surface area contributed by atoms with E-state index >= 15 is 0 Å². The van der Waals surface area contributed by atoms with Crippen LogP contribution in [0.1, 0.15) is 18.2 Å². The number of anilines is 1. The van der Waals surface area contributed by atoms with Gasteiger partial charge in [0.2, 0.25) is 17.7 Å². The molecule has 1 heterocycles. The third-order valence-electron chi connectivity index (χ3n) is 2.36. The Morgan fingerprint density at radius 3 is 2.84 bits per heavy atom. The van der Waals surface area contributed by atoms with Gasteiger partial charge in [-0.2, -0.15) is 0 Å². The Bertz CT molecular complexity index is 598. The van der Waals surface area contributed by atoms with Gasteiger partial charge in [0, 0.05) is 19.8 Å². The lowest BCUT2D eigenvalue weighted by molar-refractivity contribution is -0.116. The van der Waals surface area contributed by atoms with Crippen molar-refractivity contribution < 1.29 is 9.21 Å². The molecule has 1 aromatic carbocycles. The molecule has 1 amide bonds. The fraction of sp³-hybridized carbons (Fsp3) is 0.250. The Balaban J connectivity index is 1.92. The predicted octanol–water partition coefficient (Wildman–Crippen LogP) is 3.26. The average molecular weight is 300 g/mol. The number of nitrogens with zero attached hydrogens (tertiary/aromatic N) is 2. The minimum absolute atomic E-state index is 0.194. The average Bonchev–Trinajstić information content (AvgIpc) is 2.78. The van der Waals surface area contributed by atoms with E-state index in [9.17, 15) is 4.79 Å². The molecule has 0 aliphatic heterocycles. The molecule has 0 aliphatic rings. The zero-order valence-corrected chi connectivity index (χ0v) is 11.6. The Hall–Kier alpha value is -1.59. The van der Waals surface area contributed by atoms with Crippen LogP contribution in [-0.2, 0) is 11.2 Å². The molecule has 5 nitrogen and oxygen atoms in total. The van der Waals surface area contributed by atoms with Crippen molar-refractivity contribution in [2.45, 2.75) is 19.8 Å². The van der Waals surface area contributed by atoms with E-state index in [1.165, 1.54) is 0 Å². The number of aryl methyl sites for hydroxylation is 2. The zero-order valence-electron chi connectivity index (χ0n) is 10.1. The highest BCUT2D eigenvalue weighted by Gasteiger charge is 2.10. The molecule has 0 unspecified atom stereocenters. The van der Waals surface area contributed by atoms with Gasteiger partial charge in [0.25, 0.3) is 0 Å². The molecule has 7 heteroatoms. The molecule has 0 fully saturated rings. The van der Waals surface area contributed by atoms with E-state index in [4.69, 9.17) is 27.6 Å². The van der Waals surface area contributed by atoms with Crippen molar-refractivity contribution in [1.29, 1.82) is 0 Å². The molecule has 100 valence electrons. The maximum Gasteiger partial charge on any atom is 0.224 e. The summed E-state index contributed by atoms with van der Waals surface area (Å²) < 4.78 is 5.18. The van der Waals surface area contributed by atoms with Gasteiger partial charge in [-0.25, -0.2) is 0 Å². The molecule has 2 rings (SSSR count). The number of benzene rings is 1. The third-order valence-corrected chi connectivity index (χ3v) is 3.18. The number of carbonyl (C=O) groups is 1. The van der Waals surface area contributed by atoms with Crippen LogP contribution in [0, 0.1) is 6.92 Å². The van der Waals surface area contributed by atoms with Gasteiger partial charge in [0.05, 0.1) is 15.7 Å². The smallest absolute Gasteiger partial charge is 0.224 e. The van der Waals surface area contributed by atoms with Gasteiger partial charge < -0.3 is 9.73 Å². The minimum atomic E-state index is -0.194. The molecular weight excluding hydrogens is 289 g/mol. The summed E-state index contributed by atoms with van der Waals surface area (Å²) in [5, 5.41) is 10.9. The van der Waals surface area contributed by atoms with Crippen molar-refractivity contribution in [1.82, 2.24) is 10.2 Å². The van der Waals surface area contributed by atoms with Crippen molar-refractivity contribution in [2.75, 3.05) is 5.32 Å². The summed E-state index contributed by atoms with van der Waals surface area (Å²) >= 11 is 11.8. The molecule has 19 heavy (non-hydrogen) atoms. The Labute approximate surface area is 119 Å². The predicted molar refractivity (Wildman–Crippen MR) is 72.4 cm³/mol. The van der Waals surface area contributed by atoms with Gasteiger partial charge in [-0.3, -0.25) is 4.79 Å². The molecule has 0 atom stereocenters. The molecule has 0 spiro atoms. The second kappa shape index (κ2) is 6.04. The lowest BCUT2D eigenvalue weighted by Gasteiger charge is -2.07. The highest BCUT2D eigenvalue weighted by atomic mass is 35.5. The van der Waals surface area contributed by atoms with Crippen LogP contribution < -0.4 is 5.32 Å². The molecular formula is C12H11Cl2N3O2. The van der Waals surface area contributed by atoms with Crippen LogP contribution in [0.3, 0.4) is 0 Å². The Kier molecular flexibility index (Phi) is 4.39. The molecule has 0 bridgehead atoms. The first-order valence-electron chi connectivity index (χ1n) is 5.59. The summed E-state index contributed by atoms with van der Waals surface area (Å²) in [6.07, 6.45) is 0.606. The normalized spacial score (nSPS) is 10.5. The summed E-state index contributed by atoms with van der Waals surface area (Å²) in [6.45, 7) is 1.70. The first-order valence-corrected chi connectivity index (χ1v) is 6.34. The van der Waals surface area contributed by atoms with Crippen molar-refractivity contribution >= 4 is 34.8 Å². The highest BCUT2D eigenvalue weighted by molar-refractivity contribution is 6.43. The van der Waals surface area contributed by atoms with Crippen molar-refractivity contribution in [3.8, 4) is 0 Å². The molecule has 2 aromatic rings. The lowest BCUT2D eigenvalue weighted by atomic mass is 10.2. The van der Waals surface area contributed by atoms with E-state index in [-0.39, 0.29) is 12.3 Å². The zero-order chi connectivity index (χ0) is 13.8. The van der Waals surface area contributed by atoms with Crippen LogP contribution >= 0.6 is 23.2 Å². The van der Waals surface area contributed by atoms with Crippen molar-refractivity contribution in [3.63, 3.8) is 0 Å². The molecule has 1 N–H and O–H groups in total. The van der Waals surface area contributed by atoms with Crippen LogP contribution in [0.2, 0.25) is 10.0 Å². The Morgan fingerprint density at radius 1 is 1.37 bits per heavy atom. The Morgan fingerprint density at radius 2 is 2.16 bits per heavy atom. The quantitative estimate of drug-likeness (QED) is 0.941. The first-order chi connectivity index (χ1) is 9.06. The fourth-order valence-corrected chi connectivity index (χ4v) is 1.82. The maximum absolute atomic E-state index is 11.8. The van der Waals surface area contributed by atoms with Gasteiger partial charge in [-0.05, 0) is 12.1 Å². The van der Waals surface area contributed by atoms with E-state index in [0.717, 1.165) is 0 Å². The summed E-state index contributed by atoms with van der Waals surface area (Å²) in [6, 6.07) is 5.05. The van der Waals surface area contributed by atoms with Gasteiger partial charge in [-0.15, -0.1) is 10.2 Å². The second-order valence-electron chi connectivity index (χ2n) is 3.86. The number of aromatic nitrogens is 2. The van der Waals surface area contributed by atoms with Crippen LogP contribution in [0.4, 0.5) is 5.69 Å². The number of rotatable bonds is 4. The van der Waals surface area contributed by atoms with Gasteiger partial charge in [-0.1, -0.05) is 29.3 Å². The van der Waals surface area contributed by atoms with Crippen LogP contribution in [0.5, 0.6) is 0 Å². The van der Waals surface area contributed by atoms with E-state index in [0.29, 0.717) is 33.9 Å². The van der Waals surface area contributed by atoms with Crippen molar-refractivity contribution in [2.24, 2.45) is 0 Å². The van der Waals surface area contributed by atoms with Crippen molar-refractivity contribution in [3.05, 3.63) is 40.0 Å². The monoisotopic (exact) mass is 299 g/mol. The molecule has 0 saturated carbocycles. The number of halogens is 2. The minimum Gasteiger partial charge on any atom is -0.426 e. The van der Waals surface area contributed by atoms with E-state index < -0.39 is 0 Å². The van der Waals surface area contributed by atoms with Gasteiger partial charge >= 0.3 is 0 Å². The number of hydrogen-bond acceptors (Lipinski definition) is 4. The van der Waals surface area contributed by atoms with E-state index in [1.807, 2.05) is 0 Å². The molecule has 0 saturated heterocycles. The van der Waals surface area contributed by atoms with Crippen LogP contribution in [-0.4, -0.2) is 16.1 Å². The second-order valence-corrected chi connectivity index (χ2v) is 4.65. The first kappa shape index (κ1) is 13.8. The van der Waals surface area contributed by atoms with Gasteiger partial charge in [0.15, 0.2) is 0 Å². The molecule has 0 radical (unpaired) electrons. The van der Waals surface area contributed by atoms with E-state index in [1.54, 1.807) is 25.1 Å². The van der Waals surface area contributed by atoms with Crippen LogP contribution in [0.15, 0.2) is 22.6 Å². The molecule has 0 aliphatic carbocycles. The fourth-order valence-electron chi connectivity index (χ4n) is 1.47. The molecule has 1 aromatic heterocycles. The summed E-state index contributed by atoms with van der Waals surface area (Å²) in [7, 11) is 0. The highest BCUT2D eigenvalue weighted by Crippen LogP contribution is 2.29. The number of hydrogen-bond donors (Lipinski definition) is 1. The van der Waals surface area contributed by atoms with Crippen LogP contribution in [0.25, 0.3) is 0 Å². The van der Waals surface area contributed by atoms with Gasteiger partial charge in [0.1, 0.15) is 0 Å². The maximum atomic E-state index is 11.8. The SMILES string of the molecule is Cc1nnc(CCC(=O)Nc2cccc(Cl)c2Cl)o1. The topological polar surface area (TPSA) is 68.0 Å². The third kappa shape index (κ3) is 3.68. The number of amides is 1. The van der Waals surface area contributed by atoms with E-state index in [2.05, 4.69) is 15.5 Å². The summed E-state index contributed by atoms with van der Waals surface area (Å²) in [5.74, 6) is 0.721. The summed E-state index contributed by atoms with van der Waals surface area (Å²) in [5.41, 5.74) is 0.487.